The van der Waals surface area contributed by atoms with Crippen LogP contribution in [0.2, 0.25) is 0 Å². The third-order valence-electron chi connectivity index (χ3n) is 4.90. The molecule has 0 saturated carbocycles. The summed E-state index contributed by atoms with van der Waals surface area (Å²) < 4.78 is 18.0. The number of hydrogen-bond acceptors (Lipinski definition) is 5. The maximum absolute atomic E-state index is 13.9. The van der Waals surface area contributed by atoms with Gasteiger partial charge in [0.15, 0.2) is 5.65 Å². The van der Waals surface area contributed by atoms with Crippen molar-refractivity contribution in [3.63, 3.8) is 0 Å². The van der Waals surface area contributed by atoms with E-state index < -0.39 is 11.7 Å². The molecule has 0 unspecified atom stereocenters. The number of aryl methyl sites for hydroxylation is 1. The molecule has 0 spiro atoms. The molecule has 0 aliphatic heterocycles. The number of nitrogens with one attached hydrogen (secondary N) is 1. The minimum atomic E-state index is -0.488. The molecule has 0 bridgehead atoms. The fraction of sp³-hybridized carbons (Fsp3) is 0.190. The zero-order chi connectivity index (χ0) is 22.0. The first-order valence-corrected chi connectivity index (χ1v) is 9.54. The quantitative estimate of drug-likeness (QED) is 0.498. The Labute approximate surface area is 175 Å². The first kappa shape index (κ1) is 20.2. The van der Waals surface area contributed by atoms with E-state index in [9.17, 15) is 18.8 Å². The smallest absolute Gasteiger partial charge is 0.264 e. The van der Waals surface area contributed by atoms with Gasteiger partial charge >= 0.3 is 0 Å². The Bertz CT molecular complexity index is 1390. The molecule has 1 aromatic carbocycles. The van der Waals surface area contributed by atoms with Gasteiger partial charge in [-0.05, 0) is 18.2 Å². The summed E-state index contributed by atoms with van der Waals surface area (Å²) in [5.41, 5.74) is 0.0648. The summed E-state index contributed by atoms with van der Waals surface area (Å²) in [5, 5.41) is 7.14. The van der Waals surface area contributed by atoms with Crippen LogP contribution in [0.4, 0.5) is 4.39 Å². The van der Waals surface area contributed by atoms with Crippen molar-refractivity contribution in [1.82, 2.24) is 29.2 Å². The third kappa shape index (κ3) is 4.00. The van der Waals surface area contributed by atoms with Crippen LogP contribution in [0, 0.1) is 5.82 Å². The van der Waals surface area contributed by atoms with Gasteiger partial charge in [0.05, 0.1) is 19.3 Å². The molecule has 0 atom stereocenters. The molecule has 0 saturated heterocycles. The van der Waals surface area contributed by atoms with Gasteiger partial charge in [0, 0.05) is 25.4 Å². The van der Waals surface area contributed by atoms with E-state index in [4.69, 9.17) is 0 Å². The lowest BCUT2D eigenvalue weighted by Gasteiger charge is -2.08. The Morgan fingerprint density at radius 1 is 1.13 bits per heavy atom. The van der Waals surface area contributed by atoms with Crippen molar-refractivity contribution in [2.45, 2.75) is 13.1 Å². The van der Waals surface area contributed by atoms with E-state index in [-0.39, 0.29) is 36.3 Å². The molecule has 4 aromatic rings. The van der Waals surface area contributed by atoms with E-state index >= 15 is 0 Å². The largest absolute Gasteiger partial charge is 0.350 e. The van der Waals surface area contributed by atoms with Crippen LogP contribution in [0.5, 0.6) is 0 Å². The minimum Gasteiger partial charge on any atom is -0.350 e. The Morgan fingerprint density at radius 2 is 1.94 bits per heavy atom. The van der Waals surface area contributed by atoms with E-state index in [1.54, 1.807) is 37.5 Å². The molecule has 1 amide bonds. The highest BCUT2D eigenvalue weighted by Gasteiger charge is 2.13. The maximum Gasteiger partial charge on any atom is 0.264 e. The molecule has 0 aliphatic carbocycles. The van der Waals surface area contributed by atoms with Crippen molar-refractivity contribution >= 4 is 16.9 Å². The number of nitrogens with zero attached hydrogens (tertiary/aromatic N) is 5. The Hall–Kier alpha value is -4.08. The van der Waals surface area contributed by atoms with Crippen molar-refractivity contribution in [1.29, 1.82) is 0 Å². The first-order chi connectivity index (χ1) is 15.0. The second-order valence-corrected chi connectivity index (χ2v) is 6.97. The number of hydrogen-bond donors (Lipinski definition) is 1. The molecular weight excluding hydrogens is 403 g/mol. The van der Waals surface area contributed by atoms with E-state index in [0.717, 1.165) is 0 Å². The van der Waals surface area contributed by atoms with E-state index in [2.05, 4.69) is 15.4 Å². The summed E-state index contributed by atoms with van der Waals surface area (Å²) in [6.45, 7) is 0.502. The molecule has 0 fully saturated rings. The second-order valence-electron chi connectivity index (χ2n) is 6.97. The standard InChI is InChI=1S/C21H19FN6O3/c1-26-9-4-6-15(20(26)30)19(29)23-8-10-28-18-16(11-25-28)21(31)27(13-24-18)12-14-5-2-3-7-17(14)22/h2-7,9,11,13H,8,10,12H2,1H3,(H,23,29). The predicted molar refractivity (Wildman–Crippen MR) is 111 cm³/mol. The zero-order valence-corrected chi connectivity index (χ0v) is 16.7. The van der Waals surface area contributed by atoms with Gasteiger partial charge < -0.3 is 9.88 Å². The molecule has 1 N–H and O–H groups in total. The Balaban J connectivity index is 1.48. The van der Waals surface area contributed by atoms with Crippen LogP contribution in [-0.2, 0) is 20.1 Å². The minimum absolute atomic E-state index is 0.0458. The van der Waals surface area contributed by atoms with Crippen LogP contribution in [0.3, 0.4) is 0 Å². The van der Waals surface area contributed by atoms with Crippen LogP contribution in [-0.4, -0.2) is 36.4 Å². The SMILES string of the molecule is Cn1cccc(C(=O)NCCn2ncc3c(=O)n(Cc4ccccc4F)cnc32)c1=O. The van der Waals surface area contributed by atoms with Crippen molar-refractivity contribution < 1.29 is 9.18 Å². The van der Waals surface area contributed by atoms with Crippen molar-refractivity contribution in [2.24, 2.45) is 7.05 Å². The topological polar surface area (TPSA) is 104 Å². The number of aromatic nitrogens is 5. The van der Waals surface area contributed by atoms with Gasteiger partial charge in [-0.2, -0.15) is 5.10 Å². The Morgan fingerprint density at radius 3 is 2.74 bits per heavy atom. The molecule has 9 nitrogen and oxygen atoms in total. The lowest BCUT2D eigenvalue weighted by atomic mass is 10.2. The fourth-order valence-electron chi connectivity index (χ4n) is 3.22. The van der Waals surface area contributed by atoms with Gasteiger partial charge in [0.2, 0.25) is 0 Å². The highest BCUT2D eigenvalue weighted by molar-refractivity contribution is 5.93. The maximum atomic E-state index is 13.9. The predicted octanol–water partition coefficient (Wildman–Crippen LogP) is 0.909. The molecule has 3 aromatic heterocycles. The fourth-order valence-corrected chi connectivity index (χ4v) is 3.22. The number of amides is 1. The average Bonchev–Trinajstić information content (AvgIpc) is 3.17. The molecular formula is C21H19FN6O3. The lowest BCUT2D eigenvalue weighted by Crippen LogP contribution is -2.33. The van der Waals surface area contributed by atoms with Crippen molar-refractivity contribution in [3.05, 3.63) is 92.8 Å². The molecule has 0 aliphatic rings. The molecule has 158 valence electrons. The summed E-state index contributed by atoms with van der Waals surface area (Å²) in [5.74, 6) is -0.882. The van der Waals surface area contributed by atoms with E-state index in [1.165, 1.54) is 38.5 Å². The van der Waals surface area contributed by atoms with Gasteiger partial charge in [0.25, 0.3) is 17.0 Å². The number of rotatable bonds is 6. The van der Waals surface area contributed by atoms with Crippen LogP contribution in [0.15, 0.2) is 64.7 Å². The molecule has 10 heteroatoms. The van der Waals surface area contributed by atoms with E-state index in [0.29, 0.717) is 16.6 Å². The van der Waals surface area contributed by atoms with Gasteiger partial charge in [-0.1, -0.05) is 18.2 Å². The second kappa shape index (κ2) is 8.34. The number of carbonyl (C=O) groups excluding carboxylic acids is 1. The Kier molecular flexibility index (Phi) is 5.44. The van der Waals surface area contributed by atoms with Crippen molar-refractivity contribution in [3.8, 4) is 0 Å². The highest BCUT2D eigenvalue weighted by Crippen LogP contribution is 2.09. The highest BCUT2D eigenvalue weighted by atomic mass is 19.1. The third-order valence-corrected chi connectivity index (χ3v) is 4.90. The summed E-state index contributed by atoms with van der Waals surface area (Å²) in [4.78, 5) is 41.3. The summed E-state index contributed by atoms with van der Waals surface area (Å²) in [6.07, 6.45) is 4.32. The molecule has 31 heavy (non-hydrogen) atoms. The number of halogens is 1. The van der Waals surface area contributed by atoms with Gasteiger partial charge in [-0.25, -0.2) is 14.1 Å². The number of pyridine rings is 1. The average molecular weight is 422 g/mol. The van der Waals surface area contributed by atoms with Crippen LogP contribution >= 0.6 is 0 Å². The number of carbonyl (C=O) groups is 1. The monoisotopic (exact) mass is 422 g/mol. The molecule has 0 radical (unpaired) electrons. The van der Waals surface area contributed by atoms with Crippen LogP contribution < -0.4 is 16.4 Å². The summed E-state index contributed by atoms with van der Waals surface area (Å²) in [7, 11) is 1.57. The van der Waals surface area contributed by atoms with Crippen LogP contribution in [0.25, 0.3) is 11.0 Å². The normalized spacial score (nSPS) is 11.0. The van der Waals surface area contributed by atoms with E-state index in [1.807, 2.05) is 0 Å². The number of benzene rings is 1. The zero-order valence-electron chi connectivity index (χ0n) is 16.7. The molecule has 4 rings (SSSR count). The number of fused-ring (bicyclic) bond motifs is 1. The first-order valence-electron chi connectivity index (χ1n) is 9.54. The van der Waals surface area contributed by atoms with Gasteiger partial charge in [-0.15, -0.1) is 0 Å². The van der Waals surface area contributed by atoms with Crippen molar-refractivity contribution in [2.75, 3.05) is 6.54 Å². The molecule has 3 heterocycles. The summed E-state index contributed by atoms with van der Waals surface area (Å²) >= 11 is 0. The van der Waals surface area contributed by atoms with Gasteiger partial charge in [-0.3, -0.25) is 19.0 Å². The van der Waals surface area contributed by atoms with Crippen LogP contribution in [0.1, 0.15) is 15.9 Å². The lowest BCUT2D eigenvalue weighted by molar-refractivity contribution is 0.0950. The van der Waals surface area contributed by atoms with Gasteiger partial charge in [0.1, 0.15) is 23.1 Å². The summed E-state index contributed by atoms with van der Waals surface area (Å²) in [6, 6.07) is 9.31.